The second-order valence-corrected chi connectivity index (χ2v) is 26.7. The summed E-state index contributed by atoms with van der Waals surface area (Å²) >= 11 is -1.44. The molecule has 0 nitrogen and oxygen atoms in total. The van der Waals surface area contributed by atoms with Gasteiger partial charge in [-0.25, -0.2) is 0 Å². The summed E-state index contributed by atoms with van der Waals surface area (Å²) < 4.78 is 6.00. The molecule has 2 radical (unpaired) electrons. The van der Waals surface area contributed by atoms with Gasteiger partial charge in [-0.2, -0.15) is 0 Å². The standard InChI is InChI=1S/2C9H21Ge.Hg/c2*1-7(2)10(8(3)4)9(5)6;/h2*7-9H,1-6H3;. The molecule has 0 rings (SSSR count). The van der Waals surface area contributed by atoms with Crippen molar-refractivity contribution in [1.29, 1.82) is 0 Å². The molecule has 3 heteroatoms. The third kappa shape index (κ3) is 13.0. The van der Waals surface area contributed by atoms with Crippen molar-refractivity contribution in [3.63, 3.8) is 0 Å². The van der Waals surface area contributed by atoms with Crippen molar-refractivity contribution in [2.24, 2.45) is 0 Å². The first-order chi connectivity index (χ1) is 8.93. The third-order valence-electron chi connectivity index (χ3n) is 4.00. The minimum absolute atomic E-state index is 0. The molecule has 0 aromatic rings. The van der Waals surface area contributed by atoms with Gasteiger partial charge >= 0.3 is 140 Å². The normalized spacial score (nSPS) is 12.0. The van der Waals surface area contributed by atoms with Crippen LogP contribution in [0.5, 0.6) is 0 Å². The van der Waals surface area contributed by atoms with Crippen molar-refractivity contribution in [1.82, 2.24) is 0 Å². The van der Waals surface area contributed by atoms with E-state index >= 15 is 0 Å². The van der Waals surface area contributed by atoms with Crippen LogP contribution < -0.4 is 0 Å². The second-order valence-electron chi connectivity index (χ2n) is 7.93. The van der Waals surface area contributed by atoms with Crippen LogP contribution in [-0.4, -0.2) is 28.7 Å². The van der Waals surface area contributed by atoms with Gasteiger partial charge in [-0.05, 0) is 0 Å². The summed E-state index contributed by atoms with van der Waals surface area (Å²) in [6, 6.07) is 0. The fourth-order valence-electron chi connectivity index (χ4n) is 4.00. The zero-order chi connectivity index (χ0) is 16.6. The molecular weight excluding hydrogens is 562 g/mol. The molecule has 0 N–H and O–H groups in total. The van der Waals surface area contributed by atoms with E-state index in [1.165, 1.54) is 0 Å². The number of rotatable bonds is 6. The maximum absolute atomic E-state index is 2.40. The summed E-state index contributed by atoms with van der Waals surface area (Å²) in [5.41, 5.74) is 0. The van der Waals surface area contributed by atoms with Gasteiger partial charge in [0.15, 0.2) is 0 Å². The minimum Gasteiger partial charge on any atom is 0 e. The van der Waals surface area contributed by atoms with Crippen molar-refractivity contribution >= 4 is 28.7 Å². The van der Waals surface area contributed by atoms with Gasteiger partial charge in [-0.1, -0.05) is 0 Å². The summed E-state index contributed by atoms with van der Waals surface area (Å²) in [4.78, 5) is 0. The molecule has 0 atom stereocenters. The molecule has 0 bridgehead atoms. The fourth-order valence-corrected chi connectivity index (χ4v) is 20.8. The number of hydrogen-bond donors (Lipinski definition) is 0. The molecular formula is C18H42Ge2Hg. The quantitative estimate of drug-likeness (QED) is 0.277. The van der Waals surface area contributed by atoms with E-state index in [0.717, 1.165) is 28.5 Å². The average Bonchev–Trinajstić information content (AvgIpc) is 2.12. The van der Waals surface area contributed by atoms with E-state index in [1.54, 1.807) is 0 Å². The molecule has 21 heavy (non-hydrogen) atoms. The molecule has 0 spiro atoms. The Labute approximate surface area is 166 Å². The molecule has 0 saturated heterocycles. The first kappa shape index (κ1) is 27.8. The van der Waals surface area contributed by atoms with Crippen LogP contribution in [0.4, 0.5) is 0 Å². The minimum atomic E-state index is -0.722. The SMILES string of the molecule is C[CH](C)[Ge]([CH](C)C)[CH](C)C.C[CH](C)[Ge]([CH](C)C)[CH](C)C.[Hg]. The van der Waals surface area contributed by atoms with Crippen LogP contribution in [0.3, 0.4) is 0 Å². The summed E-state index contributed by atoms with van der Waals surface area (Å²) in [6.45, 7) is 28.8. The van der Waals surface area contributed by atoms with Crippen LogP contribution >= 0.6 is 0 Å². The average molecular weight is 604 g/mol. The molecule has 0 saturated carbocycles. The predicted molar refractivity (Wildman–Crippen MR) is 102 cm³/mol. The Bertz CT molecular complexity index is 161. The Kier molecular flexibility index (Phi) is 19.1. The Balaban J connectivity index is -0.000000295. The molecule has 0 unspecified atom stereocenters. The Morgan fingerprint density at radius 3 is 0.429 bits per heavy atom. The molecule has 0 aliphatic heterocycles. The zero-order valence-corrected chi connectivity index (χ0v) is 26.9. The van der Waals surface area contributed by atoms with Gasteiger partial charge in [0.05, 0.1) is 0 Å². The van der Waals surface area contributed by atoms with E-state index in [-0.39, 0.29) is 27.7 Å². The van der Waals surface area contributed by atoms with Crippen LogP contribution in [0.15, 0.2) is 0 Å². The molecule has 0 aliphatic rings. The van der Waals surface area contributed by atoms with Crippen molar-refractivity contribution in [2.45, 2.75) is 112 Å². The monoisotopic (exact) mass is 608 g/mol. The second kappa shape index (κ2) is 14.4. The molecule has 0 fully saturated rings. The van der Waals surface area contributed by atoms with Crippen molar-refractivity contribution in [3.8, 4) is 0 Å². The van der Waals surface area contributed by atoms with E-state index in [2.05, 4.69) is 83.1 Å². The number of hydrogen-bond acceptors (Lipinski definition) is 0. The van der Waals surface area contributed by atoms with E-state index in [1.807, 2.05) is 0 Å². The zero-order valence-electron chi connectivity index (χ0n) is 17.2. The first-order valence-corrected chi connectivity index (χ1v) is 15.9. The van der Waals surface area contributed by atoms with Gasteiger partial charge in [-0.15, -0.1) is 0 Å². The molecule has 0 amide bonds. The van der Waals surface area contributed by atoms with Crippen molar-refractivity contribution < 1.29 is 27.7 Å². The largest absolute Gasteiger partial charge is 0 e. The summed E-state index contributed by atoms with van der Waals surface area (Å²) in [5.74, 6) is 0. The van der Waals surface area contributed by atoms with E-state index in [9.17, 15) is 0 Å². The Hall–Kier alpha value is 2.02. The van der Waals surface area contributed by atoms with Crippen LogP contribution in [-0.2, 0) is 27.7 Å². The van der Waals surface area contributed by atoms with Gasteiger partial charge in [0.2, 0.25) is 0 Å². The van der Waals surface area contributed by atoms with Crippen LogP contribution in [0.25, 0.3) is 0 Å². The van der Waals surface area contributed by atoms with E-state index < -0.39 is 28.7 Å². The molecule has 0 aromatic heterocycles. The first-order valence-electron chi connectivity index (χ1n) is 8.66. The van der Waals surface area contributed by atoms with Crippen LogP contribution in [0.2, 0.25) is 28.5 Å². The van der Waals surface area contributed by atoms with Gasteiger partial charge < -0.3 is 0 Å². The molecule has 0 aliphatic carbocycles. The van der Waals surface area contributed by atoms with E-state index in [4.69, 9.17) is 0 Å². The molecule has 0 aromatic carbocycles. The maximum atomic E-state index is 2.40. The van der Waals surface area contributed by atoms with Gasteiger partial charge in [-0.3, -0.25) is 0 Å². The maximum Gasteiger partial charge on any atom is 0 e. The summed E-state index contributed by atoms with van der Waals surface area (Å²) in [5, 5.41) is 0. The molecule has 124 valence electrons. The molecule has 0 heterocycles. The van der Waals surface area contributed by atoms with Crippen LogP contribution in [0, 0.1) is 0 Å². The van der Waals surface area contributed by atoms with Crippen molar-refractivity contribution in [3.05, 3.63) is 0 Å². The summed E-state index contributed by atoms with van der Waals surface area (Å²) in [6.07, 6.45) is 0. The fraction of sp³-hybridized carbons (Fsp3) is 1.00. The predicted octanol–water partition coefficient (Wildman–Crippen LogP) is 7.42. The van der Waals surface area contributed by atoms with Crippen molar-refractivity contribution in [2.75, 3.05) is 0 Å². The van der Waals surface area contributed by atoms with Gasteiger partial charge in [0.25, 0.3) is 0 Å². The Morgan fingerprint density at radius 1 is 0.333 bits per heavy atom. The summed E-state index contributed by atoms with van der Waals surface area (Å²) in [7, 11) is 0. The topological polar surface area (TPSA) is 0 Å². The smallest absolute Gasteiger partial charge is 0 e. The van der Waals surface area contributed by atoms with Gasteiger partial charge in [0, 0.05) is 27.7 Å². The third-order valence-corrected chi connectivity index (χ3v) is 20.8. The van der Waals surface area contributed by atoms with Gasteiger partial charge in [0.1, 0.15) is 0 Å². The van der Waals surface area contributed by atoms with Crippen LogP contribution in [0.1, 0.15) is 83.1 Å². The van der Waals surface area contributed by atoms with E-state index in [0.29, 0.717) is 0 Å². The Morgan fingerprint density at radius 2 is 0.429 bits per heavy atom.